The lowest BCUT2D eigenvalue weighted by Crippen LogP contribution is -2.52. The van der Waals surface area contributed by atoms with Crippen molar-refractivity contribution in [2.45, 2.75) is 103 Å². The van der Waals surface area contributed by atoms with Gasteiger partial charge in [-0.2, -0.15) is 0 Å². The Kier molecular flexibility index (Phi) is 14.5. The molecular weight excluding hydrogens is 765 g/mol. The van der Waals surface area contributed by atoms with Crippen LogP contribution in [-0.4, -0.2) is 144 Å². The fourth-order valence-electron chi connectivity index (χ4n) is 10.00. The molecule has 326 valence electrons. The Hall–Kier alpha value is -4.85. The van der Waals surface area contributed by atoms with E-state index in [4.69, 9.17) is 9.47 Å². The van der Waals surface area contributed by atoms with Crippen LogP contribution < -0.4 is 5.32 Å². The number of ether oxygens (including phenoxy) is 2. The second kappa shape index (κ2) is 20.1. The van der Waals surface area contributed by atoms with Gasteiger partial charge in [0.2, 0.25) is 5.91 Å². The van der Waals surface area contributed by atoms with Gasteiger partial charge in [0.1, 0.15) is 5.75 Å². The molecule has 4 fully saturated rings. The van der Waals surface area contributed by atoms with E-state index < -0.39 is 12.2 Å². The van der Waals surface area contributed by atoms with E-state index in [1.54, 1.807) is 4.90 Å². The van der Waals surface area contributed by atoms with Gasteiger partial charge in [0.25, 0.3) is 5.91 Å². The lowest BCUT2D eigenvalue weighted by atomic mass is 9.78. The molecule has 5 aliphatic heterocycles. The second-order valence-electron chi connectivity index (χ2n) is 17.6. The van der Waals surface area contributed by atoms with E-state index in [9.17, 15) is 29.1 Å². The van der Waals surface area contributed by atoms with Gasteiger partial charge in [-0.15, -0.1) is 0 Å². The topological polar surface area (TPSA) is 152 Å². The number of aryl methyl sites for hydroxylation is 2. The van der Waals surface area contributed by atoms with Crippen molar-refractivity contribution in [3.05, 3.63) is 58.7 Å². The average molecular weight is 829 g/mol. The summed E-state index contributed by atoms with van der Waals surface area (Å²) >= 11 is 0. The quantitative estimate of drug-likeness (QED) is 0.209. The van der Waals surface area contributed by atoms with Crippen molar-refractivity contribution in [3.8, 4) is 5.75 Å². The van der Waals surface area contributed by atoms with Gasteiger partial charge in [-0.1, -0.05) is 30.3 Å². The molecule has 7 rings (SSSR count). The van der Waals surface area contributed by atoms with Crippen LogP contribution in [0.1, 0.15) is 86.5 Å². The zero-order valence-electron chi connectivity index (χ0n) is 35.6. The smallest absolute Gasteiger partial charge is 0.410 e. The zero-order valence-corrected chi connectivity index (χ0v) is 35.6. The highest BCUT2D eigenvalue weighted by molar-refractivity contribution is 5.91. The lowest BCUT2D eigenvalue weighted by Gasteiger charge is -2.41. The molecule has 2 N–H and O–H groups in total. The van der Waals surface area contributed by atoms with Crippen LogP contribution in [0.2, 0.25) is 0 Å². The van der Waals surface area contributed by atoms with E-state index in [0.29, 0.717) is 94.5 Å². The van der Waals surface area contributed by atoms with Crippen molar-refractivity contribution < 1.29 is 38.6 Å². The van der Waals surface area contributed by atoms with Crippen LogP contribution in [0.3, 0.4) is 0 Å². The number of urea groups is 1. The van der Waals surface area contributed by atoms with Crippen molar-refractivity contribution in [1.82, 2.24) is 24.5 Å². The first kappa shape index (κ1) is 43.2. The van der Waals surface area contributed by atoms with Gasteiger partial charge in [-0.05, 0) is 131 Å². The minimum Gasteiger partial charge on any atom is -0.507 e. The molecule has 0 radical (unpaired) electrons. The van der Waals surface area contributed by atoms with Crippen LogP contribution in [0.15, 0.2) is 36.4 Å². The fourth-order valence-corrected chi connectivity index (χ4v) is 10.00. The Morgan fingerprint density at radius 1 is 0.817 bits per heavy atom. The number of aromatic hydroxyl groups is 1. The number of phenolic OH excluding ortho intramolecular Hbond substituents is 1. The highest BCUT2D eigenvalue weighted by atomic mass is 16.6. The third-order valence-electron chi connectivity index (χ3n) is 13.6. The molecule has 2 aromatic carbocycles. The lowest BCUT2D eigenvalue weighted by molar-refractivity contribution is -0.145. The molecule has 0 aliphatic carbocycles. The molecule has 0 saturated carbocycles. The van der Waals surface area contributed by atoms with Crippen LogP contribution in [0.4, 0.5) is 15.3 Å². The molecule has 4 saturated heterocycles. The molecule has 14 nitrogen and oxygen atoms in total. The molecule has 1 atom stereocenters. The Morgan fingerprint density at radius 2 is 1.48 bits per heavy atom. The summed E-state index contributed by atoms with van der Waals surface area (Å²) < 4.78 is 11.6. The minimum atomic E-state index is -1.01. The number of carbonyl (C=O) groups excluding carboxylic acids is 5. The monoisotopic (exact) mass is 828 g/mol. The largest absolute Gasteiger partial charge is 0.507 e. The number of anilines is 1. The minimum absolute atomic E-state index is 0.00671. The fraction of sp³-hybridized carbons (Fsp3) is 0.630. The number of hydrogen-bond donors (Lipinski definition) is 2. The predicted molar refractivity (Wildman–Crippen MR) is 226 cm³/mol. The summed E-state index contributed by atoms with van der Waals surface area (Å²) in [6.45, 7) is 10.0. The molecule has 0 unspecified atom stereocenters. The maximum absolute atomic E-state index is 14.3. The molecule has 14 heteroatoms. The van der Waals surface area contributed by atoms with E-state index in [2.05, 4.69) is 10.2 Å². The number of carbonyl (C=O) groups is 5. The molecule has 0 bridgehead atoms. The third kappa shape index (κ3) is 10.9. The number of likely N-dealkylation sites (tertiary alicyclic amines) is 4. The number of nitrogens with one attached hydrogen (secondary N) is 1. The summed E-state index contributed by atoms with van der Waals surface area (Å²) in [6, 6.07) is 11.4. The standard InChI is InChI=1S/C46H64N6O8/c1-32-28-34(29-33(2)43(32)55)30-40(60-46(58)51-24-16-38(17-25-51)52-26-15-37-8-3-4-9-39(37)47-45(52)57)44(56)50-22-13-36(14-23-50)35-11-20-48(21-12-35)31-42(54)59-27-7-19-49-18-6-5-10-41(49)53/h3-4,8-9,28-29,35-36,38,40,55H,5-7,10-27,30-31H2,1-2H3,(H,47,57)/t40-/m1/s1. The highest BCUT2D eigenvalue weighted by Gasteiger charge is 2.37. The Morgan fingerprint density at radius 3 is 2.18 bits per heavy atom. The summed E-state index contributed by atoms with van der Waals surface area (Å²) in [5.74, 6) is 1.01. The zero-order chi connectivity index (χ0) is 42.2. The maximum Gasteiger partial charge on any atom is 0.410 e. The third-order valence-corrected chi connectivity index (χ3v) is 13.6. The SMILES string of the molecule is Cc1cc(C[C@@H](OC(=O)N2CCC(N3CCc4ccccc4NC3=O)CC2)C(=O)N2CCC(C3CCN(CC(=O)OCCCN4CCCCC4=O)CC3)CC2)cc(C)c1O. The van der Waals surface area contributed by atoms with Gasteiger partial charge < -0.3 is 39.5 Å². The molecule has 5 heterocycles. The molecule has 0 aromatic heterocycles. The van der Waals surface area contributed by atoms with Gasteiger partial charge in [0.15, 0.2) is 6.10 Å². The molecule has 2 aromatic rings. The van der Waals surface area contributed by atoms with E-state index >= 15 is 0 Å². The van der Waals surface area contributed by atoms with Crippen LogP contribution in [0.25, 0.3) is 0 Å². The first-order valence-electron chi connectivity index (χ1n) is 22.4. The molecule has 5 amide bonds. The normalized spacial score (nSPS) is 20.6. The number of nitrogens with zero attached hydrogens (tertiary/aromatic N) is 5. The Bertz CT molecular complexity index is 1830. The molecule has 5 aliphatic rings. The molecular formula is C46H64N6O8. The van der Waals surface area contributed by atoms with Crippen molar-refractivity contribution in [3.63, 3.8) is 0 Å². The van der Waals surface area contributed by atoms with Crippen LogP contribution in [-0.2, 0) is 36.7 Å². The first-order chi connectivity index (χ1) is 29.0. The van der Waals surface area contributed by atoms with E-state index in [1.807, 2.05) is 64.9 Å². The van der Waals surface area contributed by atoms with Crippen molar-refractivity contribution in [2.75, 3.05) is 77.4 Å². The second-order valence-corrected chi connectivity index (χ2v) is 17.6. The van der Waals surface area contributed by atoms with Crippen molar-refractivity contribution in [2.24, 2.45) is 11.8 Å². The van der Waals surface area contributed by atoms with Crippen LogP contribution in [0.5, 0.6) is 5.75 Å². The van der Waals surface area contributed by atoms with Crippen molar-refractivity contribution in [1.29, 1.82) is 0 Å². The number of rotatable bonds is 12. The highest BCUT2D eigenvalue weighted by Crippen LogP contribution is 2.33. The number of fused-ring (bicyclic) bond motifs is 1. The van der Waals surface area contributed by atoms with E-state index in [-0.39, 0.29) is 48.6 Å². The summed E-state index contributed by atoms with van der Waals surface area (Å²) in [6.07, 6.45) is 7.69. The van der Waals surface area contributed by atoms with Gasteiger partial charge >= 0.3 is 18.1 Å². The molecule has 60 heavy (non-hydrogen) atoms. The van der Waals surface area contributed by atoms with Crippen LogP contribution >= 0.6 is 0 Å². The summed E-state index contributed by atoms with van der Waals surface area (Å²) in [7, 11) is 0. The van der Waals surface area contributed by atoms with Gasteiger partial charge in [0.05, 0.1) is 13.2 Å². The van der Waals surface area contributed by atoms with Gasteiger partial charge in [-0.3, -0.25) is 19.3 Å². The maximum atomic E-state index is 14.3. The Balaban J connectivity index is 0.876. The van der Waals surface area contributed by atoms with E-state index in [0.717, 1.165) is 81.4 Å². The summed E-state index contributed by atoms with van der Waals surface area (Å²) in [5.41, 5.74) is 4.19. The number of amides is 5. The number of esters is 1. The number of piperidine rings is 4. The van der Waals surface area contributed by atoms with Crippen molar-refractivity contribution >= 4 is 35.6 Å². The predicted octanol–water partition coefficient (Wildman–Crippen LogP) is 5.51. The number of benzene rings is 2. The van der Waals surface area contributed by atoms with Crippen LogP contribution in [0, 0.1) is 25.7 Å². The number of para-hydroxylation sites is 1. The Labute approximate surface area is 354 Å². The first-order valence-corrected chi connectivity index (χ1v) is 22.4. The van der Waals surface area contributed by atoms with E-state index in [1.165, 1.54) is 0 Å². The number of hydrogen-bond acceptors (Lipinski definition) is 9. The summed E-state index contributed by atoms with van der Waals surface area (Å²) in [4.78, 5) is 75.2. The van der Waals surface area contributed by atoms with Gasteiger partial charge in [0, 0.05) is 70.4 Å². The van der Waals surface area contributed by atoms with Gasteiger partial charge in [-0.25, -0.2) is 9.59 Å². The average Bonchev–Trinajstić information content (AvgIpc) is 3.42. The molecule has 0 spiro atoms. The summed E-state index contributed by atoms with van der Waals surface area (Å²) in [5, 5.41) is 13.5. The number of phenols is 1.